The smallest absolute Gasteiger partial charge is 0.238 e. The zero-order valence-corrected chi connectivity index (χ0v) is 14.3. The summed E-state index contributed by atoms with van der Waals surface area (Å²) in [4.78, 5) is 5.04. The van der Waals surface area contributed by atoms with Crippen LogP contribution in [0.25, 0.3) is 0 Å². The van der Waals surface area contributed by atoms with Crippen molar-refractivity contribution in [2.75, 3.05) is 39.8 Å². The van der Waals surface area contributed by atoms with Crippen molar-refractivity contribution in [1.82, 2.24) is 9.80 Å². The van der Waals surface area contributed by atoms with Crippen LogP contribution in [0.5, 0.6) is 5.75 Å². The van der Waals surface area contributed by atoms with Crippen LogP contribution in [-0.2, 0) is 10.0 Å². The molecule has 0 aliphatic carbocycles. The van der Waals surface area contributed by atoms with E-state index in [-0.39, 0.29) is 4.90 Å². The van der Waals surface area contributed by atoms with Gasteiger partial charge in [0.2, 0.25) is 10.0 Å². The molecule has 2 atom stereocenters. The minimum Gasteiger partial charge on any atom is -0.492 e. The second-order valence-corrected chi connectivity index (χ2v) is 8.13. The van der Waals surface area contributed by atoms with Gasteiger partial charge in [-0.3, -0.25) is 4.90 Å². The first-order chi connectivity index (χ1) is 10.9. The van der Waals surface area contributed by atoms with Crippen molar-refractivity contribution in [1.29, 1.82) is 0 Å². The number of likely N-dealkylation sites (tertiary alicyclic amines) is 2. The number of sulfonamides is 1. The van der Waals surface area contributed by atoms with Gasteiger partial charge in [-0.2, -0.15) is 0 Å². The highest BCUT2D eigenvalue weighted by Gasteiger charge is 2.36. The minimum absolute atomic E-state index is 0.109. The monoisotopic (exact) mass is 339 g/mol. The first kappa shape index (κ1) is 16.7. The number of rotatable bonds is 5. The predicted molar refractivity (Wildman–Crippen MR) is 88.9 cm³/mol. The van der Waals surface area contributed by atoms with Gasteiger partial charge in [0.05, 0.1) is 4.90 Å². The van der Waals surface area contributed by atoms with Gasteiger partial charge in [-0.25, -0.2) is 13.6 Å². The molecule has 0 bridgehead atoms. The molecule has 0 spiro atoms. The molecule has 6 nitrogen and oxygen atoms in total. The van der Waals surface area contributed by atoms with Crippen LogP contribution in [0, 0.1) is 5.92 Å². The summed E-state index contributed by atoms with van der Waals surface area (Å²) in [6, 6.07) is 6.92. The molecule has 0 radical (unpaired) electrons. The molecule has 3 rings (SSSR count). The fourth-order valence-corrected chi connectivity index (χ4v) is 4.19. The maximum absolute atomic E-state index is 11.2. The van der Waals surface area contributed by atoms with E-state index in [2.05, 4.69) is 16.8 Å². The Balaban J connectivity index is 1.50. The van der Waals surface area contributed by atoms with Crippen molar-refractivity contribution < 1.29 is 13.2 Å². The Morgan fingerprint density at radius 3 is 2.61 bits per heavy atom. The number of piperidine rings is 1. The molecule has 0 unspecified atom stereocenters. The normalized spacial score (nSPS) is 26.2. The Morgan fingerprint density at radius 2 is 1.91 bits per heavy atom. The molecule has 0 aromatic heterocycles. The molecule has 7 heteroatoms. The van der Waals surface area contributed by atoms with Gasteiger partial charge < -0.3 is 9.64 Å². The van der Waals surface area contributed by atoms with Crippen molar-refractivity contribution in [3.8, 4) is 5.75 Å². The molecular weight excluding hydrogens is 314 g/mol. The third-order valence-corrected chi connectivity index (χ3v) is 5.91. The van der Waals surface area contributed by atoms with E-state index in [9.17, 15) is 8.42 Å². The summed E-state index contributed by atoms with van der Waals surface area (Å²) in [6.07, 6.45) is 2.59. The molecule has 0 saturated carbocycles. The number of fused-ring (bicyclic) bond motifs is 1. The van der Waals surface area contributed by atoms with E-state index < -0.39 is 10.0 Å². The van der Waals surface area contributed by atoms with Gasteiger partial charge in [0.1, 0.15) is 12.4 Å². The summed E-state index contributed by atoms with van der Waals surface area (Å²) in [5, 5.41) is 5.08. The number of nitrogens with zero attached hydrogens (tertiary/aromatic N) is 2. The lowest BCUT2D eigenvalue weighted by Gasteiger charge is -2.36. The van der Waals surface area contributed by atoms with Gasteiger partial charge >= 0.3 is 0 Å². The molecular formula is C16H25N3O3S. The summed E-state index contributed by atoms with van der Waals surface area (Å²) in [6.45, 7) is 5.03. The highest BCUT2D eigenvalue weighted by Crippen LogP contribution is 2.30. The lowest BCUT2D eigenvalue weighted by atomic mass is 9.92. The third kappa shape index (κ3) is 4.03. The van der Waals surface area contributed by atoms with Crippen LogP contribution < -0.4 is 9.88 Å². The van der Waals surface area contributed by atoms with E-state index in [1.807, 2.05) is 0 Å². The number of hydrogen-bond donors (Lipinski definition) is 1. The fraction of sp³-hybridized carbons (Fsp3) is 0.625. The standard InChI is InChI=1S/C16H25N3O3S/c1-18-8-6-13-7-9-19(16(13)12-18)10-11-22-14-2-4-15(5-3-14)23(17,20)21/h2-5,13,16H,6-12H2,1H3,(H2,17,20,21)/t13-,16+/m1/s1. The Kier molecular flexibility index (Phi) is 4.91. The van der Waals surface area contributed by atoms with Crippen LogP contribution in [0.3, 0.4) is 0 Å². The summed E-state index contributed by atoms with van der Waals surface area (Å²) >= 11 is 0. The van der Waals surface area contributed by atoms with E-state index in [4.69, 9.17) is 9.88 Å². The van der Waals surface area contributed by atoms with Crippen molar-refractivity contribution in [3.05, 3.63) is 24.3 Å². The van der Waals surface area contributed by atoms with Crippen LogP contribution >= 0.6 is 0 Å². The number of primary sulfonamides is 1. The second kappa shape index (κ2) is 6.76. The van der Waals surface area contributed by atoms with Gasteiger partial charge in [0, 0.05) is 19.1 Å². The topological polar surface area (TPSA) is 75.9 Å². The lowest BCUT2D eigenvalue weighted by molar-refractivity contribution is 0.110. The van der Waals surface area contributed by atoms with Crippen LogP contribution in [0.15, 0.2) is 29.2 Å². The Hall–Kier alpha value is -1.15. The van der Waals surface area contributed by atoms with E-state index in [0.29, 0.717) is 18.4 Å². The van der Waals surface area contributed by atoms with Crippen LogP contribution in [0.4, 0.5) is 0 Å². The number of hydrogen-bond acceptors (Lipinski definition) is 5. The molecule has 128 valence electrons. The van der Waals surface area contributed by atoms with Crippen molar-refractivity contribution in [2.45, 2.75) is 23.8 Å². The van der Waals surface area contributed by atoms with Crippen LogP contribution in [-0.4, -0.2) is 64.1 Å². The molecule has 2 N–H and O–H groups in total. The van der Waals surface area contributed by atoms with Gasteiger partial charge in [-0.05, 0) is 63.2 Å². The molecule has 2 aliphatic heterocycles. The van der Waals surface area contributed by atoms with Crippen LogP contribution in [0.1, 0.15) is 12.8 Å². The molecule has 2 fully saturated rings. The molecule has 1 aromatic rings. The van der Waals surface area contributed by atoms with E-state index in [1.165, 1.54) is 31.5 Å². The zero-order valence-electron chi connectivity index (χ0n) is 13.5. The zero-order chi connectivity index (χ0) is 16.4. The highest BCUT2D eigenvalue weighted by molar-refractivity contribution is 7.89. The summed E-state index contributed by atoms with van der Waals surface area (Å²) in [5.74, 6) is 1.51. The molecule has 2 aliphatic rings. The van der Waals surface area contributed by atoms with E-state index in [0.717, 1.165) is 25.6 Å². The van der Waals surface area contributed by atoms with Crippen molar-refractivity contribution >= 4 is 10.0 Å². The minimum atomic E-state index is -3.64. The Morgan fingerprint density at radius 1 is 1.22 bits per heavy atom. The quantitative estimate of drug-likeness (QED) is 0.856. The highest BCUT2D eigenvalue weighted by atomic mass is 32.2. The van der Waals surface area contributed by atoms with Gasteiger partial charge in [0.15, 0.2) is 0 Å². The molecule has 1 aromatic carbocycles. The van der Waals surface area contributed by atoms with E-state index >= 15 is 0 Å². The third-order valence-electron chi connectivity index (χ3n) is 4.98. The predicted octanol–water partition coefficient (Wildman–Crippen LogP) is 0.739. The van der Waals surface area contributed by atoms with E-state index in [1.54, 1.807) is 12.1 Å². The Labute approximate surface area is 138 Å². The maximum atomic E-state index is 11.2. The summed E-state index contributed by atoms with van der Waals surface area (Å²) < 4.78 is 28.2. The molecule has 2 heterocycles. The second-order valence-electron chi connectivity index (χ2n) is 6.57. The van der Waals surface area contributed by atoms with Crippen LogP contribution in [0.2, 0.25) is 0 Å². The molecule has 23 heavy (non-hydrogen) atoms. The number of nitrogens with two attached hydrogens (primary N) is 1. The average molecular weight is 339 g/mol. The largest absolute Gasteiger partial charge is 0.492 e. The van der Waals surface area contributed by atoms with Crippen molar-refractivity contribution in [2.24, 2.45) is 11.1 Å². The first-order valence-electron chi connectivity index (χ1n) is 8.12. The SMILES string of the molecule is CN1CC[C@@H]2CCN(CCOc3ccc(S(N)(=O)=O)cc3)[C@H]2C1. The number of likely N-dealkylation sites (N-methyl/N-ethyl adjacent to an activating group) is 1. The van der Waals surface area contributed by atoms with Gasteiger partial charge in [-0.15, -0.1) is 0 Å². The summed E-state index contributed by atoms with van der Waals surface area (Å²) in [7, 11) is -1.45. The Bertz CT molecular complexity index is 632. The van der Waals surface area contributed by atoms with Gasteiger partial charge in [0.25, 0.3) is 0 Å². The maximum Gasteiger partial charge on any atom is 0.238 e. The van der Waals surface area contributed by atoms with Crippen molar-refractivity contribution in [3.63, 3.8) is 0 Å². The number of benzene rings is 1. The molecule has 2 saturated heterocycles. The average Bonchev–Trinajstić information content (AvgIpc) is 2.89. The molecule has 0 amide bonds. The first-order valence-corrected chi connectivity index (χ1v) is 9.66. The fourth-order valence-electron chi connectivity index (χ4n) is 3.67. The number of ether oxygens (including phenoxy) is 1. The lowest BCUT2D eigenvalue weighted by Crippen LogP contribution is -2.47. The summed E-state index contributed by atoms with van der Waals surface area (Å²) in [5.41, 5.74) is 0. The van der Waals surface area contributed by atoms with Gasteiger partial charge in [-0.1, -0.05) is 0 Å².